The summed E-state index contributed by atoms with van der Waals surface area (Å²) in [7, 11) is 3.43. The number of fused-ring (bicyclic) bond motifs is 1. The van der Waals surface area contributed by atoms with Gasteiger partial charge in [0, 0.05) is 19.0 Å². The van der Waals surface area contributed by atoms with Crippen molar-refractivity contribution in [3.8, 4) is 11.5 Å². The number of hydrogen-bond acceptors (Lipinski definition) is 4. The first kappa shape index (κ1) is 18.3. The maximum Gasteiger partial charge on any atom is 0.270 e. The molecule has 0 bridgehead atoms. The highest BCUT2D eigenvalue weighted by Gasteiger charge is 2.35. The van der Waals surface area contributed by atoms with Gasteiger partial charge in [-0.1, -0.05) is 13.8 Å². The van der Waals surface area contributed by atoms with Crippen LogP contribution in [-0.2, 0) is 7.05 Å². The molecule has 26 heavy (non-hydrogen) atoms. The van der Waals surface area contributed by atoms with Crippen molar-refractivity contribution in [2.24, 2.45) is 7.05 Å². The van der Waals surface area contributed by atoms with E-state index in [0.29, 0.717) is 12.1 Å². The number of aromatic nitrogens is 2. The molecule has 0 fully saturated rings. The van der Waals surface area contributed by atoms with Gasteiger partial charge in [0.2, 0.25) is 0 Å². The summed E-state index contributed by atoms with van der Waals surface area (Å²) in [6, 6.07) is 7.40. The van der Waals surface area contributed by atoms with Crippen molar-refractivity contribution in [2.45, 2.75) is 51.7 Å². The van der Waals surface area contributed by atoms with Crippen molar-refractivity contribution in [1.29, 1.82) is 0 Å². The predicted octanol–water partition coefficient (Wildman–Crippen LogP) is 3.58. The summed E-state index contributed by atoms with van der Waals surface area (Å²) in [6.07, 6.45) is 0.674. The Morgan fingerprint density at radius 1 is 1.38 bits per heavy atom. The molecule has 0 saturated carbocycles. The summed E-state index contributed by atoms with van der Waals surface area (Å²) in [4.78, 5) is 12.9. The van der Waals surface area contributed by atoms with Gasteiger partial charge in [0.25, 0.3) is 5.91 Å². The average molecular weight is 357 g/mol. The molecule has 1 amide bonds. The van der Waals surface area contributed by atoms with Crippen LogP contribution < -0.4 is 14.8 Å². The molecule has 140 valence electrons. The lowest BCUT2D eigenvalue weighted by Gasteiger charge is -2.38. The van der Waals surface area contributed by atoms with E-state index >= 15 is 0 Å². The second kappa shape index (κ2) is 6.67. The van der Waals surface area contributed by atoms with Gasteiger partial charge in [0.15, 0.2) is 0 Å². The van der Waals surface area contributed by atoms with Crippen LogP contribution in [0, 0.1) is 0 Å². The van der Waals surface area contributed by atoms with Crippen LogP contribution >= 0.6 is 0 Å². The molecule has 6 nitrogen and oxygen atoms in total. The largest absolute Gasteiger partial charge is 0.497 e. The summed E-state index contributed by atoms with van der Waals surface area (Å²) >= 11 is 0. The fourth-order valence-electron chi connectivity index (χ4n) is 3.30. The molecule has 1 aliphatic rings. The van der Waals surface area contributed by atoms with Crippen LogP contribution in [-0.4, -0.2) is 28.4 Å². The number of ether oxygens (including phenoxy) is 2. The van der Waals surface area contributed by atoms with Crippen molar-refractivity contribution in [3.63, 3.8) is 0 Å². The Balaban J connectivity index is 1.90. The lowest BCUT2D eigenvalue weighted by atomic mass is 9.89. The SMILES string of the molecule is COc1ccc2c(c1)[C@@H](NC(=O)c1cc(C(C)C)nn1C)CC(C)(C)O2. The number of nitrogens with zero attached hydrogens (tertiary/aromatic N) is 2. The van der Waals surface area contributed by atoms with Crippen molar-refractivity contribution in [1.82, 2.24) is 15.1 Å². The minimum absolute atomic E-state index is 0.136. The molecule has 1 aromatic heterocycles. The van der Waals surface area contributed by atoms with Gasteiger partial charge >= 0.3 is 0 Å². The average Bonchev–Trinajstić information content (AvgIpc) is 2.96. The quantitative estimate of drug-likeness (QED) is 0.908. The third kappa shape index (κ3) is 3.54. The molecule has 0 saturated heterocycles. The Labute approximate surface area is 154 Å². The van der Waals surface area contributed by atoms with E-state index in [9.17, 15) is 4.79 Å². The molecule has 0 aliphatic carbocycles. The maximum absolute atomic E-state index is 12.9. The second-order valence-corrected chi connectivity index (χ2v) is 7.73. The summed E-state index contributed by atoms with van der Waals surface area (Å²) in [5.74, 6) is 1.66. The molecule has 2 aromatic rings. The lowest BCUT2D eigenvalue weighted by molar-refractivity contribution is 0.0615. The Bertz CT molecular complexity index is 824. The third-order valence-corrected chi connectivity index (χ3v) is 4.70. The van der Waals surface area contributed by atoms with E-state index < -0.39 is 0 Å². The number of hydrogen-bond donors (Lipinski definition) is 1. The predicted molar refractivity (Wildman–Crippen MR) is 99.8 cm³/mol. The third-order valence-electron chi connectivity index (χ3n) is 4.70. The zero-order valence-corrected chi connectivity index (χ0v) is 16.3. The summed E-state index contributed by atoms with van der Waals surface area (Å²) < 4.78 is 13.0. The highest BCUT2D eigenvalue weighted by atomic mass is 16.5. The number of rotatable bonds is 4. The minimum atomic E-state index is -0.366. The van der Waals surface area contributed by atoms with Crippen LogP contribution in [0.5, 0.6) is 11.5 Å². The summed E-state index contributed by atoms with van der Waals surface area (Å²) in [5.41, 5.74) is 2.03. The fourth-order valence-corrected chi connectivity index (χ4v) is 3.30. The van der Waals surface area contributed by atoms with E-state index in [1.165, 1.54) is 0 Å². The number of carbonyl (C=O) groups is 1. The molecule has 0 spiro atoms. The number of aryl methyl sites for hydroxylation is 1. The standard InChI is InChI=1S/C20H27N3O3/c1-12(2)15-10-17(23(5)22-15)19(24)21-16-11-20(3,4)26-18-8-7-13(25-6)9-14(16)18/h7-10,12,16H,11H2,1-6H3,(H,21,24)/t16-/m0/s1. The summed E-state index contributed by atoms with van der Waals surface area (Å²) in [6.45, 7) is 8.18. The molecule has 3 rings (SSSR count). The van der Waals surface area contributed by atoms with Gasteiger partial charge in [-0.25, -0.2) is 0 Å². The number of carbonyl (C=O) groups excluding carboxylic acids is 1. The van der Waals surface area contributed by atoms with Gasteiger partial charge in [0.05, 0.1) is 18.8 Å². The van der Waals surface area contributed by atoms with Gasteiger partial charge in [-0.2, -0.15) is 5.10 Å². The van der Waals surface area contributed by atoms with E-state index in [2.05, 4.69) is 24.3 Å². The Hall–Kier alpha value is -2.50. The fraction of sp³-hybridized carbons (Fsp3) is 0.500. The van der Waals surface area contributed by atoms with E-state index in [1.807, 2.05) is 38.1 Å². The highest BCUT2D eigenvalue weighted by molar-refractivity contribution is 5.93. The van der Waals surface area contributed by atoms with Gasteiger partial charge in [-0.15, -0.1) is 0 Å². The first-order valence-corrected chi connectivity index (χ1v) is 8.92. The second-order valence-electron chi connectivity index (χ2n) is 7.73. The van der Waals surface area contributed by atoms with Crippen LogP contribution in [0.1, 0.15) is 67.8 Å². The monoisotopic (exact) mass is 357 g/mol. The van der Waals surface area contributed by atoms with E-state index in [1.54, 1.807) is 18.8 Å². The van der Waals surface area contributed by atoms with E-state index in [4.69, 9.17) is 9.47 Å². The molecule has 0 radical (unpaired) electrons. The van der Waals surface area contributed by atoms with Gasteiger partial charge < -0.3 is 14.8 Å². The molecule has 1 atom stereocenters. The lowest BCUT2D eigenvalue weighted by Crippen LogP contribution is -2.41. The van der Waals surface area contributed by atoms with Crippen LogP contribution in [0.25, 0.3) is 0 Å². The van der Waals surface area contributed by atoms with Crippen LogP contribution in [0.15, 0.2) is 24.3 Å². The first-order valence-electron chi connectivity index (χ1n) is 8.92. The van der Waals surface area contributed by atoms with Crippen molar-refractivity contribution < 1.29 is 14.3 Å². The normalized spacial score (nSPS) is 18.2. The number of methoxy groups -OCH3 is 1. The summed E-state index contributed by atoms with van der Waals surface area (Å²) in [5, 5.41) is 7.59. The van der Waals surface area contributed by atoms with Gasteiger partial charge in [-0.05, 0) is 44.0 Å². The van der Waals surface area contributed by atoms with Crippen molar-refractivity contribution >= 4 is 5.91 Å². The molecule has 1 aliphatic heterocycles. The van der Waals surface area contributed by atoms with E-state index in [0.717, 1.165) is 22.8 Å². The zero-order chi connectivity index (χ0) is 19.1. The first-order chi connectivity index (χ1) is 12.2. The molecule has 0 unspecified atom stereocenters. The topological polar surface area (TPSA) is 65.4 Å². The minimum Gasteiger partial charge on any atom is -0.497 e. The van der Waals surface area contributed by atoms with Crippen LogP contribution in [0.3, 0.4) is 0 Å². The van der Waals surface area contributed by atoms with E-state index in [-0.39, 0.29) is 23.5 Å². The van der Waals surface area contributed by atoms with Crippen LogP contribution in [0.2, 0.25) is 0 Å². The van der Waals surface area contributed by atoms with Gasteiger partial charge in [0.1, 0.15) is 22.8 Å². The van der Waals surface area contributed by atoms with Crippen LogP contribution in [0.4, 0.5) is 0 Å². The Morgan fingerprint density at radius 3 is 2.73 bits per heavy atom. The Morgan fingerprint density at radius 2 is 2.12 bits per heavy atom. The number of nitrogens with one attached hydrogen (secondary N) is 1. The molecule has 6 heteroatoms. The van der Waals surface area contributed by atoms with Crippen molar-refractivity contribution in [2.75, 3.05) is 7.11 Å². The molecule has 1 N–H and O–H groups in total. The molecule has 1 aromatic carbocycles. The Kier molecular flexibility index (Phi) is 4.69. The van der Waals surface area contributed by atoms with Gasteiger partial charge in [-0.3, -0.25) is 9.48 Å². The maximum atomic E-state index is 12.9. The number of benzene rings is 1. The van der Waals surface area contributed by atoms with Crippen molar-refractivity contribution in [3.05, 3.63) is 41.2 Å². The zero-order valence-electron chi connectivity index (χ0n) is 16.3. The number of amides is 1. The highest BCUT2D eigenvalue weighted by Crippen LogP contribution is 2.41. The molecule has 2 heterocycles. The molecular weight excluding hydrogens is 330 g/mol. The molecular formula is C20H27N3O3. The smallest absolute Gasteiger partial charge is 0.270 e.